The first-order chi connectivity index (χ1) is 12.1. The maximum atomic E-state index is 11.9. The molecule has 0 saturated heterocycles. The normalized spacial score (nSPS) is 10.9. The van der Waals surface area contributed by atoms with Crippen molar-refractivity contribution in [3.63, 3.8) is 0 Å². The SMILES string of the molecule is C=C(/C=C(\ON)c1cccc(C(=O)OCC)c1)c1ccc(OC)cc1. The average molecular weight is 339 g/mol. The van der Waals surface area contributed by atoms with Gasteiger partial charge in [0, 0.05) is 5.56 Å². The summed E-state index contributed by atoms with van der Waals surface area (Å²) in [6, 6.07) is 14.3. The number of methoxy groups -OCH3 is 1. The lowest BCUT2D eigenvalue weighted by atomic mass is 10.0. The van der Waals surface area contributed by atoms with Crippen LogP contribution in [0.2, 0.25) is 0 Å². The van der Waals surface area contributed by atoms with Crippen molar-refractivity contribution in [2.45, 2.75) is 6.92 Å². The Labute approximate surface area is 147 Å². The molecule has 0 aliphatic rings. The summed E-state index contributed by atoms with van der Waals surface area (Å²) in [6.45, 7) is 6.11. The van der Waals surface area contributed by atoms with Crippen LogP contribution in [0.5, 0.6) is 5.75 Å². The fourth-order valence-corrected chi connectivity index (χ4v) is 2.25. The highest BCUT2D eigenvalue weighted by atomic mass is 16.6. The Hall–Kier alpha value is -3.05. The lowest BCUT2D eigenvalue weighted by Crippen LogP contribution is -2.06. The summed E-state index contributed by atoms with van der Waals surface area (Å²) in [4.78, 5) is 16.9. The molecule has 2 aromatic rings. The summed E-state index contributed by atoms with van der Waals surface area (Å²) in [5.74, 6) is 6.18. The molecule has 0 amide bonds. The minimum Gasteiger partial charge on any atom is -0.497 e. The molecule has 0 bridgehead atoms. The Kier molecular flexibility index (Phi) is 6.37. The summed E-state index contributed by atoms with van der Waals surface area (Å²) in [5.41, 5.74) is 2.70. The molecular weight excluding hydrogens is 318 g/mol. The van der Waals surface area contributed by atoms with E-state index in [0.29, 0.717) is 29.1 Å². The first-order valence-corrected chi connectivity index (χ1v) is 7.78. The van der Waals surface area contributed by atoms with Gasteiger partial charge in [0.15, 0.2) is 5.76 Å². The van der Waals surface area contributed by atoms with Gasteiger partial charge in [-0.25, -0.2) is 4.79 Å². The van der Waals surface area contributed by atoms with Gasteiger partial charge in [0.25, 0.3) is 0 Å². The van der Waals surface area contributed by atoms with E-state index in [9.17, 15) is 4.79 Å². The zero-order valence-corrected chi connectivity index (χ0v) is 14.3. The van der Waals surface area contributed by atoms with Crippen LogP contribution in [0.3, 0.4) is 0 Å². The Morgan fingerprint density at radius 3 is 2.40 bits per heavy atom. The molecule has 0 aliphatic heterocycles. The van der Waals surface area contributed by atoms with Gasteiger partial charge in [-0.1, -0.05) is 30.8 Å². The van der Waals surface area contributed by atoms with Crippen molar-refractivity contribution in [2.24, 2.45) is 5.90 Å². The smallest absolute Gasteiger partial charge is 0.338 e. The fourth-order valence-electron chi connectivity index (χ4n) is 2.25. The quantitative estimate of drug-likeness (QED) is 0.359. The lowest BCUT2D eigenvalue weighted by molar-refractivity contribution is 0.0526. The van der Waals surface area contributed by atoms with Crippen molar-refractivity contribution in [2.75, 3.05) is 13.7 Å². The number of carbonyl (C=O) groups is 1. The van der Waals surface area contributed by atoms with E-state index in [0.717, 1.165) is 11.3 Å². The summed E-state index contributed by atoms with van der Waals surface area (Å²) >= 11 is 0. The van der Waals surface area contributed by atoms with Crippen LogP contribution >= 0.6 is 0 Å². The van der Waals surface area contributed by atoms with Crippen LogP contribution in [0.1, 0.15) is 28.4 Å². The molecule has 0 atom stereocenters. The number of esters is 1. The van der Waals surface area contributed by atoms with Gasteiger partial charge in [0.2, 0.25) is 0 Å². The molecule has 0 aliphatic carbocycles. The number of carbonyl (C=O) groups excluding carboxylic acids is 1. The monoisotopic (exact) mass is 339 g/mol. The van der Waals surface area contributed by atoms with Gasteiger partial charge in [-0.3, -0.25) is 0 Å². The van der Waals surface area contributed by atoms with Crippen LogP contribution < -0.4 is 10.6 Å². The minimum absolute atomic E-state index is 0.313. The Morgan fingerprint density at radius 2 is 1.80 bits per heavy atom. The molecule has 25 heavy (non-hydrogen) atoms. The van der Waals surface area contributed by atoms with Crippen molar-refractivity contribution >= 4 is 17.3 Å². The molecule has 2 rings (SSSR count). The van der Waals surface area contributed by atoms with Gasteiger partial charge < -0.3 is 14.3 Å². The van der Waals surface area contributed by atoms with E-state index in [-0.39, 0.29) is 0 Å². The van der Waals surface area contributed by atoms with E-state index < -0.39 is 5.97 Å². The summed E-state index contributed by atoms with van der Waals surface area (Å²) in [6.07, 6.45) is 1.71. The van der Waals surface area contributed by atoms with Gasteiger partial charge in [-0.2, -0.15) is 5.90 Å². The van der Waals surface area contributed by atoms with E-state index in [1.807, 2.05) is 24.3 Å². The largest absolute Gasteiger partial charge is 0.497 e. The predicted molar refractivity (Wildman–Crippen MR) is 97.7 cm³/mol. The van der Waals surface area contributed by atoms with Crippen LogP contribution in [-0.4, -0.2) is 19.7 Å². The molecule has 0 fully saturated rings. The number of hydrogen-bond acceptors (Lipinski definition) is 5. The van der Waals surface area contributed by atoms with Crippen LogP contribution in [0.25, 0.3) is 11.3 Å². The number of allylic oxidation sites excluding steroid dienone is 2. The van der Waals surface area contributed by atoms with Gasteiger partial charge in [-0.05, 0) is 48.4 Å². The second kappa shape index (κ2) is 8.70. The third kappa shape index (κ3) is 4.71. The fraction of sp³-hybridized carbons (Fsp3) is 0.150. The first-order valence-electron chi connectivity index (χ1n) is 7.78. The third-order valence-corrected chi connectivity index (χ3v) is 3.55. The van der Waals surface area contributed by atoms with Crippen molar-refractivity contribution in [1.82, 2.24) is 0 Å². The molecule has 0 spiro atoms. The van der Waals surface area contributed by atoms with E-state index in [2.05, 4.69) is 6.58 Å². The topological polar surface area (TPSA) is 70.8 Å². The summed E-state index contributed by atoms with van der Waals surface area (Å²) < 4.78 is 10.2. The lowest BCUT2D eigenvalue weighted by Gasteiger charge is -2.09. The first kappa shape index (κ1) is 18.3. The van der Waals surface area contributed by atoms with Gasteiger partial charge in [-0.15, -0.1) is 0 Å². The number of rotatable bonds is 7. The van der Waals surface area contributed by atoms with Crippen molar-refractivity contribution < 1.29 is 19.1 Å². The Morgan fingerprint density at radius 1 is 1.12 bits per heavy atom. The molecule has 5 heteroatoms. The van der Waals surface area contributed by atoms with Gasteiger partial charge >= 0.3 is 5.97 Å². The molecule has 2 aromatic carbocycles. The summed E-state index contributed by atoms with van der Waals surface area (Å²) in [7, 11) is 1.61. The zero-order chi connectivity index (χ0) is 18.2. The maximum Gasteiger partial charge on any atom is 0.338 e. The third-order valence-electron chi connectivity index (χ3n) is 3.55. The van der Waals surface area contributed by atoms with E-state index in [1.165, 1.54) is 0 Å². The van der Waals surface area contributed by atoms with E-state index >= 15 is 0 Å². The molecule has 0 aromatic heterocycles. The molecular formula is C20H21NO4. The van der Waals surface area contributed by atoms with Crippen molar-refractivity contribution in [3.05, 3.63) is 77.9 Å². The molecule has 2 N–H and O–H groups in total. The highest BCUT2D eigenvalue weighted by Gasteiger charge is 2.10. The highest BCUT2D eigenvalue weighted by molar-refractivity contribution is 5.91. The van der Waals surface area contributed by atoms with Crippen LogP contribution in [0, 0.1) is 0 Å². The van der Waals surface area contributed by atoms with Crippen molar-refractivity contribution in [1.29, 1.82) is 0 Å². The predicted octanol–water partition coefficient (Wildman–Crippen LogP) is 3.82. The minimum atomic E-state index is -0.394. The molecule has 0 heterocycles. The Balaban J connectivity index is 2.28. The Bertz CT molecular complexity index is 779. The molecule has 0 saturated carbocycles. The number of nitrogens with two attached hydrogens (primary N) is 1. The molecule has 130 valence electrons. The second-order valence-electron chi connectivity index (χ2n) is 5.18. The number of hydrogen-bond donors (Lipinski definition) is 1. The summed E-state index contributed by atoms with van der Waals surface area (Å²) in [5, 5.41) is 0. The standard InChI is InChI=1S/C20H21NO4/c1-4-24-20(22)17-7-5-6-16(13-17)19(25-21)12-14(2)15-8-10-18(23-3)11-9-15/h5-13H,2,4,21H2,1,3H3/b19-12-. The maximum absolute atomic E-state index is 11.9. The molecule has 0 unspecified atom stereocenters. The second-order valence-corrected chi connectivity index (χ2v) is 5.18. The number of benzene rings is 2. The molecule has 0 radical (unpaired) electrons. The van der Waals surface area contributed by atoms with Crippen LogP contribution in [0.4, 0.5) is 0 Å². The van der Waals surface area contributed by atoms with Crippen LogP contribution in [0.15, 0.2) is 61.2 Å². The average Bonchev–Trinajstić information content (AvgIpc) is 2.66. The van der Waals surface area contributed by atoms with E-state index in [4.69, 9.17) is 20.2 Å². The van der Waals surface area contributed by atoms with Crippen molar-refractivity contribution in [3.8, 4) is 5.75 Å². The van der Waals surface area contributed by atoms with E-state index in [1.54, 1.807) is 44.4 Å². The van der Waals surface area contributed by atoms with Crippen LogP contribution in [-0.2, 0) is 9.57 Å². The van der Waals surface area contributed by atoms with Gasteiger partial charge in [0.05, 0.1) is 19.3 Å². The number of ether oxygens (including phenoxy) is 2. The van der Waals surface area contributed by atoms with Gasteiger partial charge in [0.1, 0.15) is 5.75 Å². The molecule has 5 nitrogen and oxygen atoms in total. The zero-order valence-electron chi connectivity index (χ0n) is 14.3. The highest BCUT2D eigenvalue weighted by Crippen LogP contribution is 2.24.